The van der Waals surface area contributed by atoms with Gasteiger partial charge in [0.05, 0.1) is 18.6 Å². The molecule has 0 amide bonds. The summed E-state index contributed by atoms with van der Waals surface area (Å²) in [6, 6.07) is 2.61. The van der Waals surface area contributed by atoms with Crippen molar-refractivity contribution in [3.05, 3.63) is 26.6 Å². The van der Waals surface area contributed by atoms with Crippen molar-refractivity contribution in [2.45, 2.75) is 19.9 Å². The molecule has 0 bridgehead atoms. The minimum absolute atomic E-state index is 0. The predicted octanol–water partition coefficient (Wildman–Crippen LogP) is 3.54. The van der Waals surface area contributed by atoms with E-state index in [1.54, 1.807) is 19.9 Å². The number of halogens is 3. The van der Waals surface area contributed by atoms with Crippen molar-refractivity contribution in [1.82, 2.24) is 0 Å². The molecule has 0 aliphatic carbocycles. The first-order valence-electron chi connectivity index (χ1n) is 5.23. The fourth-order valence-corrected chi connectivity index (χ4v) is 3.08. The van der Waals surface area contributed by atoms with Gasteiger partial charge in [-0.15, -0.1) is 12.4 Å². The molecule has 0 unspecified atom stereocenters. The molecule has 0 aromatic heterocycles. The first-order valence-corrected chi connectivity index (χ1v) is 6.82. The Morgan fingerprint density at radius 3 is 2.37 bits per heavy atom. The van der Waals surface area contributed by atoms with Crippen molar-refractivity contribution in [1.29, 1.82) is 0 Å². The summed E-state index contributed by atoms with van der Waals surface area (Å²) in [4.78, 5) is 11.7. The van der Waals surface area contributed by atoms with Gasteiger partial charge in [0.1, 0.15) is 5.75 Å². The standard InChI is InChI=1S/C12H15Br2NO3.ClH/c1-12(2,11(17)18-3)10(15)9-7(14)4-6(13)5-8(9)16;/h4-5,10,16H,15H2,1-3H3;1H/t10-;/m1./s1. The Morgan fingerprint density at radius 2 is 1.95 bits per heavy atom. The molecular weight excluding hydrogens is 401 g/mol. The Hall–Kier alpha value is -0.300. The number of methoxy groups -OCH3 is 1. The van der Waals surface area contributed by atoms with Gasteiger partial charge in [-0.05, 0) is 26.0 Å². The van der Waals surface area contributed by atoms with Gasteiger partial charge in [-0.3, -0.25) is 4.79 Å². The number of hydrogen-bond donors (Lipinski definition) is 2. The molecular formula is C12H16Br2ClNO3. The van der Waals surface area contributed by atoms with E-state index in [0.29, 0.717) is 10.0 Å². The molecule has 0 fully saturated rings. The molecule has 0 heterocycles. The number of hydrogen-bond acceptors (Lipinski definition) is 4. The molecule has 0 aliphatic rings. The molecule has 0 radical (unpaired) electrons. The van der Waals surface area contributed by atoms with E-state index in [9.17, 15) is 9.90 Å². The zero-order chi connectivity index (χ0) is 14.1. The molecule has 4 nitrogen and oxygen atoms in total. The van der Waals surface area contributed by atoms with Crippen LogP contribution in [0.25, 0.3) is 0 Å². The van der Waals surface area contributed by atoms with E-state index in [0.717, 1.165) is 4.47 Å². The van der Waals surface area contributed by atoms with Crippen LogP contribution < -0.4 is 5.73 Å². The van der Waals surface area contributed by atoms with Crippen LogP contribution in [-0.4, -0.2) is 18.2 Å². The Kier molecular flexibility index (Phi) is 6.82. The summed E-state index contributed by atoms with van der Waals surface area (Å²) in [6.07, 6.45) is 0. The molecule has 3 N–H and O–H groups in total. The van der Waals surface area contributed by atoms with Crippen molar-refractivity contribution < 1.29 is 14.6 Å². The summed E-state index contributed by atoms with van der Waals surface area (Å²) in [7, 11) is 1.31. The number of benzene rings is 1. The van der Waals surface area contributed by atoms with Crippen LogP contribution in [0.5, 0.6) is 5.75 Å². The fourth-order valence-electron chi connectivity index (χ4n) is 1.63. The Morgan fingerprint density at radius 1 is 1.42 bits per heavy atom. The molecule has 19 heavy (non-hydrogen) atoms. The average molecular weight is 418 g/mol. The molecule has 1 rings (SSSR count). The minimum atomic E-state index is -0.942. The molecule has 1 aromatic carbocycles. The van der Waals surface area contributed by atoms with Crippen LogP contribution in [0, 0.1) is 5.41 Å². The number of phenolic OH excluding ortho intramolecular Hbond substituents is 1. The molecule has 7 heteroatoms. The van der Waals surface area contributed by atoms with Gasteiger partial charge < -0.3 is 15.6 Å². The third-order valence-corrected chi connectivity index (χ3v) is 3.99. The summed E-state index contributed by atoms with van der Waals surface area (Å²) in [6.45, 7) is 3.36. The van der Waals surface area contributed by atoms with Crippen LogP contribution in [0.4, 0.5) is 0 Å². The van der Waals surface area contributed by atoms with E-state index in [2.05, 4.69) is 31.9 Å². The second-order valence-electron chi connectivity index (χ2n) is 4.51. The van der Waals surface area contributed by atoms with Crippen LogP contribution in [0.3, 0.4) is 0 Å². The lowest BCUT2D eigenvalue weighted by molar-refractivity contribution is -0.152. The third kappa shape index (κ3) is 3.84. The fraction of sp³-hybridized carbons (Fsp3) is 0.417. The highest BCUT2D eigenvalue weighted by atomic mass is 79.9. The maximum Gasteiger partial charge on any atom is 0.313 e. The monoisotopic (exact) mass is 415 g/mol. The predicted molar refractivity (Wildman–Crippen MR) is 83.5 cm³/mol. The van der Waals surface area contributed by atoms with Crippen LogP contribution in [0.2, 0.25) is 0 Å². The van der Waals surface area contributed by atoms with Crippen molar-refractivity contribution in [2.24, 2.45) is 11.1 Å². The second kappa shape index (κ2) is 6.92. The topological polar surface area (TPSA) is 72.5 Å². The van der Waals surface area contributed by atoms with Crippen LogP contribution in [0.15, 0.2) is 21.1 Å². The third-order valence-electron chi connectivity index (χ3n) is 2.87. The van der Waals surface area contributed by atoms with Crippen LogP contribution >= 0.6 is 44.3 Å². The highest BCUT2D eigenvalue weighted by Crippen LogP contribution is 2.41. The van der Waals surface area contributed by atoms with Gasteiger partial charge in [0, 0.05) is 14.5 Å². The quantitative estimate of drug-likeness (QED) is 0.738. The maximum absolute atomic E-state index is 11.7. The van der Waals surface area contributed by atoms with Gasteiger partial charge in [0.15, 0.2) is 0 Å². The van der Waals surface area contributed by atoms with Crippen molar-refractivity contribution in [3.63, 3.8) is 0 Å². The van der Waals surface area contributed by atoms with Crippen LogP contribution in [0.1, 0.15) is 25.5 Å². The number of rotatable bonds is 3. The molecule has 0 aliphatic heterocycles. The van der Waals surface area contributed by atoms with E-state index >= 15 is 0 Å². The lowest BCUT2D eigenvalue weighted by Crippen LogP contribution is -2.37. The molecule has 0 saturated carbocycles. The number of phenols is 1. The normalized spacial score (nSPS) is 12.5. The summed E-state index contributed by atoms with van der Waals surface area (Å²) in [5.74, 6) is -0.398. The number of ether oxygens (including phenoxy) is 1. The molecule has 1 aromatic rings. The van der Waals surface area contributed by atoms with Gasteiger partial charge >= 0.3 is 5.97 Å². The molecule has 1 atom stereocenters. The Balaban J connectivity index is 0.00000324. The van der Waals surface area contributed by atoms with Crippen molar-refractivity contribution in [3.8, 4) is 5.75 Å². The lowest BCUT2D eigenvalue weighted by Gasteiger charge is -2.30. The summed E-state index contributed by atoms with van der Waals surface area (Å²) in [5, 5.41) is 9.97. The van der Waals surface area contributed by atoms with Gasteiger partial charge in [-0.1, -0.05) is 31.9 Å². The zero-order valence-corrected chi connectivity index (χ0v) is 14.7. The van der Waals surface area contributed by atoms with E-state index in [4.69, 9.17) is 10.5 Å². The van der Waals surface area contributed by atoms with Crippen molar-refractivity contribution >= 4 is 50.2 Å². The average Bonchev–Trinajstić information content (AvgIpc) is 2.26. The first kappa shape index (κ1) is 18.7. The smallest absolute Gasteiger partial charge is 0.313 e. The highest BCUT2D eigenvalue weighted by molar-refractivity contribution is 9.11. The molecule has 0 saturated heterocycles. The zero-order valence-electron chi connectivity index (χ0n) is 10.7. The second-order valence-corrected chi connectivity index (χ2v) is 6.28. The summed E-state index contributed by atoms with van der Waals surface area (Å²) < 4.78 is 6.09. The summed E-state index contributed by atoms with van der Waals surface area (Å²) >= 11 is 6.61. The Bertz CT molecular complexity index is 457. The molecule has 108 valence electrons. The number of aromatic hydroxyl groups is 1. The van der Waals surface area contributed by atoms with Gasteiger partial charge in [-0.2, -0.15) is 0 Å². The number of nitrogens with two attached hydrogens (primary N) is 1. The van der Waals surface area contributed by atoms with Crippen molar-refractivity contribution in [2.75, 3.05) is 7.11 Å². The van der Waals surface area contributed by atoms with E-state index in [1.807, 2.05) is 0 Å². The first-order chi connectivity index (χ1) is 8.21. The maximum atomic E-state index is 11.7. The lowest BCUT2D eigenvalue weighted by atomic mass is 9.80. The summed E-state index contributed by atoms with van der Waals surface area (Å²) in [5.41, 5.74) is 5.63. The van der Waals surface area contributed by atoms with Gasteiger partial charge in [0.25, 0.3) is 0 Å². The van der Waals surface area contributed by atoms with E-state index in [1.165, 1.54) is 13.2 Å². The SMILES string of the molecule is COC(=O)C(C)(C)[C@H](N)c1c(O)cc(Br)cc1Br.Cl. The van der Waals surface area contributed by atoms with E-state index < -0.39 is 17.4 Å². The number of carbonyl (C=O) groups is 1. The minimum Gasteiger partial charge on any atom is -0.508 e. The van der Waals surface area contributed by atoms with E-state index in [-0.39, 0.29) is 18.2 Å². The molecule has 0 spiro atoms. The van der Waals surface area contributed by atoms with Gasteiger partial charge in [-0.25, -0.2) is 0 Å². The largest absolute Gasteiger partial charge is 0.508 e. The Labute approximate surface area is 135 Å². The number of carbonyl (C=O) groups excluding carboxylic acids is 1. The van der Waals surface area contributed by atoms with Crippen LogP contribution in [-0.2, 0) is 9.53 Å². The highest BCUT2D eigenvalue weighted by Gasteiger charge is 2.38. The number of esters is 1. The van der Waals surface area contributed by atoms with Gasteiger partial charge in [0.2, 0.25) is 0 Å².